The summed E-state index contributed by atoms with van der Waals surface area (Å²) in [4.78, 5) is 30.2. The Labute approximate surface area is 214 Å². The van der Waals surface area contributed by atoms with E-state index in [0.29, 0.717) is 17.9 Å². The quantitative estimate of drug-likeness (QED) is 0.384. The van der Waals surface area contributed by atoms with E-state index in [1.54, 1.807) is 10.6 Å². The van der Waals surface area contributed by atoms with Crippen molar-refractivity contribution in [2.45, 2.75) is 79.9 Å². The molecule has 4 rings (SSSR count). The van der Waals surface area contributed by atoms with Gasteiger partial charge in [-0.3, -0.25) is 4.79 Å². The number of methoxy groups -OCH3 is 1. The van der Waals surface area contributed by atoms with Gasteiger partial charge in [-0.25, -0.2) is 9.78 Å². The summed E-state index contributed by atoms with van der Waals surface area (Å²) in [6.45, 7) is 18.6. The van der Waals surface area contributed by atoms with Crippen LogP contribution in [-0.4, -0.2) is 41.6 Å². The van der Waals surface area contributed by atoms with Gasteiger partial charge in [0.2, 0.25) is 0 Å². The number of hydrogen-bond donors (Lipinski definition) is 2. The highest BCUT2D eigenvalue weighted by Crippen LogP contribution is 2.40. The highest BCUT2D eigenvalue weighted by molar-refractivity contribution is 6.54. The van der Waals surface area contributed by atoms with E-state index in [0.717, 1.165) is 27.6 Å². The molecule has 8 heteroatoms. The van der Waals surface area contributed by atoms with Crippen LogP contribution in [0.4, 0.5) is 0 Å². The van der Waals surface area contributed by atoms with Gasteiger partial charge in [-0.05, 0) is 75.4 Å². The lowest BCUT2D eigenvalue weighted by atomic mass is 9.89. The molecule has 1 aromatic carbocycles. The molecule has 0 aliphatic carbocycles. The van der Waals surface area contributed by atoms with Crippen molar-refractivity contribution in [1.29, 1.82) is 0 Å². The zero-order valence-electron chi connectivity index (χ0n) is 23.0. The smallest absolute Gasteiger partial charge is 0.340 e. The van der Waals surface area contributed by atoms with E-state index in [-0.39, 0.29) is 32.1 Å². The van der Waals surface area contributed by atoms with E-state index >= 15 is 0 Å². The van der Waals surface area contributed by atoms with E-state index in [2.05, 4.69) is 40.4 Å². The fourth-order valence-corrected chi connectivity index (χ4v) is 4.84. The van der Waals surface area contributed by atoms with E-state index in [4.69, 9.17) is 9.72 Å². The van der Waals surface area contributed by atoms with Gasteiger partial charge in [-0.1, -0.05) is 19.6 Å². The zero-order valence-corrected chi connectivity index (χ0v) is 24.0. The van der Waals surface area contributed by atoms with Gasteiger partial charge in [-0.2, -0.15) is 0 Å². The first kappa shape index (κ1) is 27.8. The Morgan fingerprint density at radius 2 is 1.64 bits per heavy atom. The second kappa shape index (κ2) is 9.92. The largest absolute Gasteiger partial charge is 0.479 e. The summed E-state index contributed by atoms with van der Waals surface area (Å²) in [5.41, 5.74) is 6.30. The molecule has 1 aliphatic heterocycles. The number of ether oxygens (including phenoxy) is 1. The molecule has 1 radical (unpaired) electrons. The molecule has 1 atom stereocenters. The van der Waals surface area contributed by atoms with Crippen molar-refractivity contribution in [2.75, 3.05) is 7.11 Å². The Bertz CT molecular complexity index is 1430. The summed E-state index contributed by atoms with van der Waals surface area (Å²) in [5.74, 6) is -1.43. The van der Waals surface area contributed by atoms with Crippen LogP contribution < -0.4 is 5.56 Å². The fraction of sp³-hybridized carbons (Fsp3) is 0.464. The minimum atomic E-state index is -2.24. The second-order valence-electron chi connectivity index (χ2n) is 10.4. The van der Waals surface area contributed by atoms with Gasteiger partial charge in [0.1, 0.15) is 0 Å². The number of pyridine rings is 2. The number of fused-ring (bicyclic) bond motifs is 4. The topological polar surface area (TPSA) is 102 Å². The van der Waals surface area contributed by atoms with E-state index in [1.165, 1.54) is 30.7 Å². The number of benzene rings is 1. The Kier molecular flexibility index (Phi) is 7.65. The molecule has 3 heterocycles. The first-order valence-electron chi connectivity index (χ1n) is 12.0. The number of rotatable bonds is 4. The second-order valence-corrected chi connectivity index (χ2v) is 13.4. The van der Waals surface area contributed by atoms with Crippen LogP contribution in [0.5, 0.6) is 0 Å². The lowest BCUT2D eigenvalue weighted by Crippen LogP contribution is -2.37. The number of aryl methyl sites for hydroxylation is 3. The minimum Gasteiger partial charge on any atom is -0.479 e. The molecule has 1 unspecified atom stereocenters. The molecule has 0 saturated heterocycles. The molecule has 1 aliphatic rings. The Morgan fingerprint density at radius 1 is 1.08 bits per heavy atom. The molecule has 0 saturated carbocycles. The van der Waals surface area contributed by atoms with Crippen LogP contribution >= 0.6 is 0 Å². The molecule has 0 bridgehead atoms. The molecule has 0 amide bonds. The molecule has 2 aromatic heterocycles. The predicted octanol–water partition coefficient (Wildman–Crippen LogP) is 4.78. The van der Waals surface area contributed by atoms with Gasteiger partial charge in [0, 0.05) is 38.0 Å². The van der Waals surface area contributed by atoms with Crippen LogP contribution in [0.25, 0.3) is 22.3 Å². The normalized spacial score (nSPS) is 13.8. The molecular weight excluding hydrogens is 472 g/mol. The Hall–Kier alpha value is -2.81. The summed E-state index contributed by atoms with van der Waals surface area (Å²) in [6, 6.07) is 1.58. The third-order valence-corrected chi connectivity index (χ3v) is 7.18. The molecule has 2 N–H and O–H groups in total. The van der Waals surface area contributed by atoms with Crippen molar-refractivity contribution >= 4 is 25.7 Å². The van der Waals surface area contributed by atoms with Gasteiger partial charge < -0.3 is 19.5 Å². The van der Waals surface area contributed by atoms with E-state index in [9.17, 15) is 19.8 Å². The van der Waals surface area contributed by atoms with Crippen LogP contribution in [0.2, 0.25) is 19.6 Å². The Balaban J connectivity index is 0.000000840. The first-order chi connectivity index (χ1) is 16.7. The molecule has 0 fully saturated rings. The average molecular weight is 510 g/mol. The fourth-order valence-electron chi connectivity index (χ4n) is 4.84. The molecule has 36 heavy (non-hydrogen) atoms. The van der Waals surface area contributed by atoms with Crippen LogP contribution in [0, 0.1) is 34.6 Å². The molecular formula is C28H37N2O5Si. The summed E-state index contributed by atoms with van der Waals surface area (Å²) in [5, 5.41) is 21.4. The maximum absolute atomic E-state index is 13.4. The standard InChI is InChI=1S/C25H28N2O5.C3H9Si/c1-11-12(2)14(4)21-20(13(11)3)15(5)16-9-27-19(22(16)26-21)8-18(25(6,31)24(29)30)17(10-32-7)23(27)28;1-4(2)3/h8,31H,9-10H2,1-7H3,(H,29,30);1-3H3. The van der Waals surface area contributed by atoms with Crippen molar-refractivity contribution < 1.29 is 19.7 Å². The van der Waals surface area contributed by atoms with E-state index in [1.807, 2.05) is 13.8 Å². The van der Waals surface area contributed by atoms with Crippen LogP contribution in [-0.2, 0) is 28.3 Å². The number of carboxylic acid groups (broad SMARTS) is 1. The van der Waals surface area contributed by atoms with Gasteiger partial charge in [-0.15, -0.1) is 0 Å². The molecule has 7 nitrogen and oxygen atoms in total. The number of hydrogen-bond acceptors (Lipinski definition) is 5. The number of aliphatic hydroxyl groups is 1. The summed E-state index contributed by atoms with van der Waals surface area (Å²) < 4.78 is 6.77. The van der Waals surface area contributed by atoms with Crippen molar-refractivity contribution in [3.8, 4) is 11.4 Å². The number of aromatic nitrogens is 2. The lowest BCUT2D eigenvalue weighted by molar-refractivity contribution is -0.157. The van der Waals surface area contributed by atoms with Gasteiger partial charge in [0.15, 0.2) is 5.60 Å². The number of carboxylic acids is 1. The summed E-state index contributed by atoms with van der Waals surface area (Å²) >= 11 is 0. The van der Waals surface area contributed by atoms with Crippen molar-refractivity contribution in [2.24, 2.45) is 0 Å². The maximum atomic E-state index is 13.4. The Morgan fingerprint density at radius 3 is 2.17 bits per heavy atom. The number of aliphatic carboxylic acids is 1. The van der Waals surface area contributed by atoms with Gasteiger partial charge >= 0.3 is 5.97 Å². The SMILES string of the molecule is COCc1c(C(C)(O)C(=O)O)cc2n(c1=O)Cc1c-2nc2c(C)c(C)c(C)c(C)c2c1C.C[Si](C)C. The third-order valence-electron chi connectivity index (χ3n) is 7.18. The molecule has 0 spiro atoms. The highest BCUT2D eigenvalue weighted by atomic mass is 28.3. The van der Waals surface area contributed by atoms with E-state index < -0.39 is 11.6 Å². The molecule has 3 aromatic rings. The van der Waals surface area contributed by atoms with Gasteiger partial charge in [0.05, 0.1) is 30.1 Å². The van der Waals surface area contributed by atoms with Gasteiger partial charge in [0.25, 0.3) is 5.56 Å². The highest BCUT2D eigenvalue weighted by Gasteiger charge is 2.38. The van der Waals surface area contributed by atoms with Crippen molar-refractivity contribution in [1.82, 2.24) is 9.55 Å². The zero-order chi connectivity index (χ0) is 27.3. The van der Waals surface area contributed by atoms with Crippen LogP contribution in [0.15, 0.2) is 10.9 Å². The number of carbonyl (C=O) groups is 1. The third kappa shape index (κ3) is 4.42. The lowest BCUT2D eigenvalue weighted by Gasteiger charge is -2.23. The molecule has 193 valence electrons. The number of nitrogens with zero attached hydrogens (tertiary/aromatic N) is 2. The predicted molar refractivity (Wildman–Crippen MR) is 145 cm³/mol. The summed E-state index contributed by atoms with van der Waals surface area (Å²) in [6.07, 6.45) is 0. The summed E-state index contributed by atoms with van der Waals surface area (Å²) in [7, 11) is 1.55. The van der Waals surface area contributed by atoms with Crippen molar-refractivity contribution in [3.63, 3.8) is 0 Å². The average Bonchev–Trinajstić information content (AvgIpc) is 3.16. The van der Waals surface area contributed by atoms with Crippen molar-refractivity contribution in [3.05, 3.63) is 60.9 Å². The monoisotopic (exact) mass is 509 g/mol. The van der Waals surface area contributed by atoms with Crippen LogP contribution in [0.3, 0.4) is 0 Å². The minimum absolute atomic E-state index is 0.0310. The van der Waals surface area contributed by atoms with Crippen LogP contribution in [0.1, 0.15) is 51.4 Å². The maximum Gasteiger partial charge on any atom is 0.340 e. The first-order valence-corrected chi connectivity index (χ1v) is 15.0.